The molecule has 64 heavy (non-hydrogen) atoms. The predicted octanol–water partition coefficient (Wildman–Crippen LogP) is 10.4. The van der Waals surface area contributed by atoms with Crippen LogP contribution in [0.15, 0.2) is 146 Å². The van der Waals surface area contributed by atoms with Gasteiger partial charge in [-0.25, -0.2) is 9.59 Å². The van der Waals surface area contributed by atoms with E-state index in [1.165, 1.54) is 36.4 Å². The Bertz CT molecular complexity index is 2520. The first-order valence-corrected chi connectivity index (χ1v) is 18.9. The van der Waals surface area contributed by atoms with Gasteiger partial charge < -0.3 is 30.4 Å². The Morgan fingerprint density at radius 3 is 1.11 bits per heavy atom. The number of nitrogens with two attached hydrogens (primary N) is 2. The first kappa shape index (κ1) is 45.4. The Morgan fingerprint density at radius 2 is 0.781 bits per heavy atom. The van der Waals surface area contributed by atoms with E-state index in [1.54, 1.807) is 72.8 Å². The van der Waals surface area contributed by atoms with Crippen molar-refractivity contribution >= 4 is 47.0 Å². The fraction of sp³-hybridized carbons (Fsp3) is 0.0833. The number of carbonyl (C=O) groups is 4. The van der Waals surface area contributed by atoms with Crippen LogP contribution in [0.4, 0.5) is 37.7 Å². The summed E-state index contributed by atoms with van der Waals surface area (Å²) in [7, 11) is 0. The third kappa shape index (κ3) is 13.4. The van der Waals surface area contributed by atoms with Crippen LogP contribution in [0.5, 0.6) is 23.0 Å². The number of halogens is 6. The molecular weight excluding hydrogens is 847 g/mol. The monoisotopic (exact) mass is 880 g/mol. The zero-order valence-electron chi connectivity index (χ0n) is 33.1. The number of carbonyl (C=O) groups excluding carboxylic acids is 4. The molecule has 0 aliphatic heterocycles. The van der Waals surface area contributed by atoms with Gasteiger partial charge in [0.15, 0.2) is 11.6 Å². The number of nitrogen functional groups attached to an aromatic ring is 2. The summed E-state index contributed by atoms with van der Waals surface area (Å²) in [6, 6.07) is 31.1. The number of hydrogen-bond donors (Lipinski definition) is 2. The van der Waals surface area contributed by atoms with Gasteiger partial charge in [-0.3, -0.25) is 9.59 Å². The van der Waals surface area contributed by atoms with Crippen LogP contribution in [0.1, 0.15) is 43.0 Å². The van der Waals surface area contributed by atoms with E-state index in [0.717, 1.165) is 48.5 Å². The van der Waals surface area contributed by atoms with E-state index in [0.29, 0.717) is 44.8 Å². The molecule has 0 fully saturated rings. The predicted molar refractivity (Wildman–Crippen MR) is 225 cm³/mol. The maximum absolute atomic E-state index is 13.3. The average molecular weight is 881 g/mol. The second-order valence-corrected chi connectivity index (χ2v) is 13.8. The molecule has 0 unspecified atom stereocenters. The number of benzene rings is 6. The van der Waals surface area contributed by atoms with E-state index in [1.807, 2.05) is 0 Å². The van der Waals surface area contributed by atoms with Crippen molar-refractivity contribution in [2.45, 2.75) is 25.6 Å². The molecule has 4 N–H and O–H groups in total. The Labute approximate surface area is 360 Å². The lowest BCUT2D eigenvalue weighted by Crippen LogP contribution is -2.17. The van der Waals surface area contributed by atoms with Crippen molar-refractivity contribution in [2.75, 3.05) is 11.5 Å². The highest BCUT2D eigenvalue weighted by atomic mass is 19.4. The minimum absolute atomic E-state index is 0.00668. The Hall–Kier alpha value is -8.14. The van der Waals surface area contributed by atoms with Crippen molar-refractivity contribution in [1.82, 2.24) is 0 Å². The summed E-state index contributed by atoms with van der Waals surface area (Å²) in [5.41, 5.74) is 17.0. The summed E-state index contributed by atoms with van der Waals surface area (Å²) in [6.07, 6.45) is -3.97. The fourth-order valence-electron chi connectivity index (χ4n) is 6.13. The number of esters is 2. The third-order valence-corrected chi connectivity index (χ3v) is 9.03. The molecule has 0 atom stereocenters. The highest BCUT2D eigenvalue weighted by Crippen LogP contribution is 2.32. The molecule has 0 aromatic heterocycles. The van der Waals surface area contributed by atoms with Crippen molar-refractivity contribution in [3.8, 4) is 34.1 Å². The van der Waals surface area contributed by atoms with Gasteiger partial charge in [-0.05, 0) is 143 Å². The number of alkyl halides is 6. The molecule has 6 rings (SSSR count). The Kier molecular flexibility index (Phi) is 14.0. The van der Waals surface area contributed by atoms with Gasteiger partial charge in [0.2, 0.25) is 0 Å². The van der Waals surface area contributed by atoms with Gasteiger partial charge in [-0.15, -0.1) is 26.3 Å². The second kappa shape index (κ2) is 19.7. The summed E-state index contributed by atoms with van der Waals surface area (Å²) in [4.78, 5) is 51.7. The summed E-state index contributed by atoms with van der Waals surface area (Å²) in [5.74, 6) is -2.99. The van der Waals surface area contributed by atoms with Crippen LogP contribution < -0.4 is 30.4 Å². The molecule has 0 spiro atoms. The maximum atomic E-state index is 13.3. The molecule has 0 bridgehead atoms. The standard InChI is InChI=1S/C48H34F6N2O8/c49-47(50,51)63-41-19-15-39(16-20-41)61-45(59)31-7-1-29(2-8-31)5-13-37(57)27-33-25-35(55)11-23-43(33)44-24-12-36(56)26-34(44)28-38(58)14-6-30-3-9-32(10-4-30)46(60)62-40-17-21-42(22-18-40)64-48(52,53)54/h1-26H,27-28,55-56H2/b13-5+,14-6+. The molecule has 0 radical (unpaired) electrons. The van der Waals surface area contributed by atoms with Crippen LogP contribution in [0.2, 0.25) is 0 Å². The highest BCUT2D eigenvalue weighted by Gasteiger charge is 2.32. The molecule has 0 heterocycles. The highest BCUT2D eigenvalue weighted by molar-refractivity contribution is 5.99. The lowest BCUT2D eigenvalue weighted by atomic mass is 9.90. The van der Waals surface area contributed by atoms with Gasteiger partial charge in [-0.2, -0.15) is 0 Å². The van der Waals surface area contributed by atoms with Gasteiger partial charge >= 0.3 is 24.7 Å². The lowest BCUT2D eigenvalue weighted by molar-refractivity contribution is -0.275. The lowest BCUT2D eigenvalue weighted by Gasteiger charge is -2.14. The van der Waals surface area contributed by atoms with Gasteiger partial charge in [0.1, 0.15) is 23.0 Å². The van der Waals surface area contributed by atoms with Crippen LogP contribution in [-0.4, -0.2) is 36.2 Å². The molecule has 6 aromatic rings. The summed E-state index contributed by atoms with van der Waals surface area (Å²) in [6.45, 7) is 0. The van der Waals surface area contributed by atoms with Crippen LogP contribution in [0.25, 0.3) is 23.3 Å². The van der Waals surface area contributed by atoms with Crippen LogP contribution in [0.3, 0.4) is 0 Å². The van der Waals surface area contributed by atoms with Crippen molar-refractivity contribution in [2.24, 2.45) is 0 Å². The smallest absolute Gasteiger partial charge is 0.423 e. The number of ketones is 2. The largest absolute Gasteiger partial charge is 0.573 e. The number of hydrogen-bond acceptors (Lipinski definition) is 10. The molecule has 16 heteroatoms. The van der Waals surface area contributed by atoms with Crippen molar-refractivity contribution in [3.05, 3.63) is 179 Å². The van der Waals surface area contributed by atoms with Gasteiger partial charge in [-0.1, -0.05) is 48.6 Å². The number of ether oxygens (including phenoxy) is 4. The van der Waals surface area contributed by atoms with Crippen molar-refractivity contribution in [1.29, 1.82) is 0 Å². The summed E-state index contributed by atoms with van der Waals surface area (Å²) < 4.78 is 92.6. The molecule has 326 valence electrons. The summed E-state index contributed by atoms with van der Waals surface area (Å²) in [5, 5.41) is 0. The number of allylic oxidation sites excluding steroid dienone is 2. The minimum Gasteiger partial charge on any atom is -0.423 e. The third-order valence-electron chi connectivity index (χ3n) is 9.03. The molecule has 0 aliphatic rings. The maximum Gasteiger partial charge on any atom is 0.573 e. The van der Waals surface area contributed by atoms with Crippen molar-refractivity contribution in [3.63, 3.8) is 0 Å². The van der Waals surface area contributed by atoms with Crippen molar-refractivity contribution < 1.29 is 64.5 Å². The zero-order chi connectivity index (χ0) is 46.0. The quantitative estimate of drug-likeness (QED) is 0.0334. The topological polar surface area (TPSA) is 157 Å². The zero-order valence-corrected chi connectivity index (χ0v) is 33.1. The molecule has 6 aromatic carbocycles. The molecule has 0 saturated heterocycles. The molecule has 0 amide bonds. The Balaban J connectivity index is 1.06. The van der Waals surface area contributed by atoms with E-state index < -0.39 is 36.2 Å². The molecular formula is C48H34F6N2O8. The second-order valence-electron chi connectivity index (χ2n) is 13.8. The van der Waals surface area contributed by atoms with Gasteiger partial charge in [0, 0.05) is 24.2 Å². The van der Waals surface area contributed by atoms with Crippen LogP contribution >= 0.6 is 0 Å². The van der Waals surface area contributed by atoms with E-state index in [4.69, 9.17) is 20.9 Å². The molecule has 0 aliphatic carbocycles. The molecule has 0 saturated carbocycles. The number of rotatable bonds is 15. The van der Waals surface area contributed by atoms with Crippen LogP contribution in [0, 0.1) is 0 Å². The van der Waals surface area contributed by atoms with E-state index in [2.05, 4.69) is 9.47 Å². The van der Waals surface area contributed by atoms with E-state index in [9.17, 15) is 45.5 Å². The van der Waals surface area contributed by atoms with E-state index >= 15 is 0 Å². The van der Waals surface area contributed by atoms with Crippen LogP contribution in [-0.2, 0) is 22.4 Å². The normalized spacial score (nSPS) is 11.7. The fourth-order valence-corrected chi connectivity index (χ4v) is 6.13. The molecule has 10 nitrogen and oxygen atoms in total. The average Bonchev–Trinajstić information content (AvgIpc) is 3.23. The van der Waals surface area contributed by atoms with Gasteiger partial charge in [0.25, 0.3) is 0 Å². The van der Waals surface area contributed by atoms with E-state index in [-0.39, 0.29) is 47.0 Å². The van der Waals surface area contributed by atoms with Gasteiger partial charge in [0.05, 0.1) is 11.1 Å². The summed E-state index contributed by atoms with van der Waals surface area (Å²) >= 11 is 0. The SMILES string of the molecule is Nc1ccc(-c2ccc(N)cc2CC(=O)/C=C/c2ccc(C(=O)Oc3ccc(OC(F)(F)F)cc3)cc2)c(CC(=O)/C=C/c2ccc(C(=O)Oc3ccc(OC(F)(F)F)cc3)cc2)c1. The number of anilines is 2. The minimum atomic E-state index is -4.86. The Morgan fingerprint density at radius 1 is 0.453 bits per heavy atom. The first-order valence-electron chi connectivity index (χ1n) is 18.9. The first-order chi connectivity index (χ1) is 30.4.